The maximum atomic E-state index is 14.7. The van der Waals surface area contributed by atoms with Crippen molar-refractivity contribution in [2.45, 2.75) is 124 Å². The van der Waals surface area contributed by atoms with Gasteiger partial charge in [-0.25, -0.2) is 4.39 Å². The van der Waals surface area contributed by atoms with Gasteiger partial charge < -0.3 is 29.7 Å². The number of anilines is 1. The van der Waals surface area contributed by atoms with Crippen LogP contribution in [0.5, 0.6) is 11.5 Å². The Balaban J connectivity index is 0.899. The molecule has 62 heavy (non-hydrogen) atoms. The van der Waals surface area contributed by atoms with Crippen LogP contribution in [0, 0.1) is 42.8 Å². The van der Waals surface area contributed by atoms with Crippen molar-refractivity contribution >= 4 is 29.3 Å². The van der Waals surface area contributed by atoms with Gasteiger partial charge in [0.15, 0.2) is 0 Å². The van der Waals surface area contributed by atoms with Gasteiger partial charge in [0.25, 0.3) is 11.8 Å². The van der Waals surface area contributed by atoms with Crippen LogP contribution >= 0.6 is 0 Å². The summed E-state index contributed by atoms with van der Waals surface area (Å²) in [7, 11) is 0. The highest BCUT2D eigenvalue weighted by Gasteiger charge is 2.64. The fourth-order valence-corrected chi connectivity index (χ4v) is 10.2. The summed E-state index contributed by atoms with van der Waals surface area (Å²) in [6.45, 7) is 19.7. The van der Waals surface area contributed by atoms with Gasteiger partial charge in [0.05, 0.1) is 18.3 Å². The number of hydrogen-bond donors (Lipinski definition) is 3. The second-order valence-electron chi connectivity index (χ2n) is 18.9. The molecule has 1 unspecified atom stereocenters. The van der Waals surface area contributed by atoms with Gasteiger partial charge in [-0.1, -0.05) is 33.6 Å². The number of halogens is 1. The van der Waals surface area contributed by atoms with E-state index in [-0.39, 0.29) is 71.6 Å². The minimum Gasteiger partial charge on any atom is -0.490 e. The number of imide groups is 1. The summed E-state index contributed by atoms with van der Waals surface area (Å²) in [5.74, 6) is 1.34. The van der Waals surface area contributed by atoms with E-state index in [1.165, 1.54) is 18.2 Å². The van der Waals surface area contributed by atoms with E-state index in [1.54, 1.807) is 0 Å². The van der Waals surface area contributed by atoms with E-state index in [1.807, 2.05) is 50.2 Å². The lowest BCUT2D eigenvalue weighted by molar-refractivity contribution is -0.164. The molecule has 7 rings (SSSR count). The molecule has 2 aliphatic carbocycles. The molecule has 3 aromatic carbocycles. The summed E-state index contributed by atoms with van der Waals surface area (Å²) in [4.78, 5) is 54.9. The minimum absolute atomic E-state index is 0.0297. The predicted octanol–water partition coefficient (Wildman–Crippen LogP) is 6.10. The zero-order valence-electron chi connectivity index (χ0n) is 37.1. The number of hydrogen-bond acceptors (Lipinski definition) is 9. The topological polar surface area (TPSA) is 139 Å². The molecule has 2 heterocycles. The Morgan fingerprint density at radius 1 is 0.968 bits per heavy atom. The molecule has 3 N–H and O–H groups in total. The number of amides is 4. The molecule has 13 heteroatoms. The highest BCUT2D eigenvalue weighted by molar-refractivity contribution is 6.04. The van der Waals surface area contributed by atoms with Gasteiger partial charge >= 0.3 is 0 Å². The Morgan fingerprint density at radius 2 is 1.65 bits per heavy atom. The molecular weight excluding hydrogens is 790 g/mol. The van der Waals surface area contributed by atoms with Crippen LogP contribution in [0.15, 0.2) is 54.6 Å². The second kappa shape index (κ2) is 17.7. The monoisotopic (exact) mass is 849 g/mol. The van der Waals surface area contributed by atoms with Crippen molar-refractivity contribution in [1.29, 1.82) is 0 Å². The van der Waals surface area contributed by atoms with E-state index in [4.69, 9.17) is 20.6 Å². The quantitative estimate of drug-likeness (QED) is 0.138. The highest BCUT2D eigenvalue weighted by Crippen LogP contribution is 2.55. The average Bonchev–Trinajstić information content (AvgIpc) is 3.20. The number of morpholine rings is 1. The molecule has 2 saturated heterocycles. The van der Waals surface area contributed by atoms with Crippen molar-refractivity contribution < 1.29 is 37.8 Å². The third-order valence-electron chi connectivity index (χ3n) is 13.3. The Labute approximate surface area is 364 Å². The molecular formula is C49H60FN5O7. The van der Waals surface area contributed by atoms with Crippen molar-refractivity contribution in [3.05, 3.63) is 88.2 Å². The van der Waals surface area contributed by atoms with Crippen molar-refractivity contribution in [3.63, 3.8) is 0 Å². The van der Waals surface area contributed by atoms with Gasteiger partial charge in [0.1, 0.15) is 35.6 Å². The Morgan fingerprint density at radius 3 is 2.27 bits per heavy atom. The second-order valence-corrected chi connectivity index (χ2v) is 18.9. The smallest absolute Gasteiger partial charge is 0.255 e. The maximum Gasteiger partial charge on any atom is 0.255 e. The largest absolute Gasteiger partial charge is 0.490 e. The number of carbonyl (C=O) groups excluding carboxylic acids is 4. The normalized spacial score (nSPS) is 25.2. The fourth-order valence-electron chi connectivity index (χ4n) is 10.2. The first-order valence-electron chi connectivity index (χ1n) is 21.7. The van der Waals surface area contributed by atoms with Crippen molar-refractivity contribution in [2.75, 3.05) is 31.1 Å². The van der Waals surface area contributed by atoms with Gasteiger partial charge in [-0.3, -0.25) is 29.4 Å². The van der Waals surface area contributed by atoms with Crippen LogP contribution in [0.3, 0.4) is 0 Å². The summed E-state index contributed by atoms with van der Waals surface area (Å²) in [5.41, 5.74) is 3.68. The average molecular weight is 850 g/mol. The molecule has 4 fully saturated rings. The fraction of sp³-hybridized carbons (Fsp3) is 0.510. The van der Waals surface area contributed by atoms with Crippen LogP contribution in [0.25, 0.3) is 0 Å². The van der Waals surface area contributed by atoms with E-state index in [2.05, 4.69) is 73.2 Å². The molecule has 3 aromatic rings. The number of rotatable bonds is 13. The third-order valence-corrected chi connectivity index (χ3v) is 13.3. The summed E-state index contributed by atoms with van der Waals surface area (Å²) >= 11 is 0. The van der Waals surface area contributed by atoms with E-state index in [0.717, 1.165) is 54.1 Å². The molecule has 330 valence electrons. The SMILES string of the molecule is C#Cc1c(C)cc(OC2C(C)(C)C(NC(=O)c3ccc(N4CCOC(CN(C(C)C)C5CC(Oc6ccc(F)c(C(=O)N[C@H]7CCC(=O)NC7=O)c6)C5)C4)cc3)C2(C)C)cc1C. The Kier molecular flexibility index (Phi) is 12.8. The van der Waals surface area contributed by atoms with Crippen LogP contribution in [-0.4, -0.2) is 97.2 Å². The summed E-state index contributed by atoms with van der Waals surface area (Å²) < 4.78 is 33.8. The number of nitrogens with one attached hydrogen (secondary N) is 3. The summed E-state index contributed by atoms with van der Waals surface area (Å²) in [6.07, 6.45) is 7.23. The van der Waals surface area contributed by atoms with Gasteiger partial charge in [-0.2, -0.15) is 0 Å². The number of aryl methyl sites for hydroxylation is 2. The van der Waals surface area contributed by atoms with Crippen LogP contribution in [-0.2, 0) is 14.3 Å². The number of terminal acetylenes is 1. The highest BCUT2D eigenvalue weighted by atomic mass is 19.1. The summed E-state index contributed by atoms with van der Waals surface area (Å²) in [5, 5.41) is 8.05. The van der Waals surface area contributed by atoms with E-state index >= 15 is 0 Å². The van der Waals surface area contributed by atoms with Crippen molar-refractivity contribution in [1.82, 2.24) is 20.9 Å². The van der Waals surface area contributed by atoms with Crippen LogP contribution < -0.4 is 30.3 Å². The van der Waals surface area contributed by atoms with Gasteiger partial charge in [-0.15, -0.1) is 6.42 Å². The first kappa shape index (κ1) is 44.6. The summed E-state index contributed by atoms with van der Waals surface area (Å²) in [6, 6.07) is 15.3. The van der Waals surface area contributed by atoms with Gasteiger partial charge in [0, 0.05) is 84.7 Å². The molecule has 2 atom stereocenters. The minimum atomic E-state index is -0.911. The third kappa shape index (κ3) is 9.18. The standard InChI is InChI=1S/C49H60FN5O7/c1-10-38-29(4)21-35(22-30(38)5)62-47-48(6,7)46(49(47,8)9)53-43(57)31-11-13-32(14-12-31)54-19-20-60-37(26-54)27-55(28(2)3)33-23-36(24-33)61-34-15-16-40(50)39(25-34)44(58)51-41-17-18-42(56)52-45(41)59/h1,11-16,21-22,25,28,33,36-37,41,46-47H,17-20,23-24,26-27H2,2-9H3,(H,51,58)(H,53,57)(H,52,56,59)/t33?,36?,37?,41-,46?,47?/m0/s1. The van der Waals surface area contributed by atoms with E-state index < -0.39 is 29.6 Å². The van der Waals surface area contributed by atoms with Crippen molar-refractivity contribution in [2.24, 2.45) is 10.8 Å². The molecule has 0 spiro atoms. The number of piperidine rings is 1. The number of nitrogens with zero attached hydrogens (tertiary/aromatic N) is 2. The predicted molar refractivity (Wildman–Crippen MR) is 235 cm³/mol. The molecule has 4 amide bonds. The van der Waals surface area contributed by atoms with Crippen LogP contribution in [0.1, 0.15) is 105 Å². The molecule has 12 nitrogen and oxygen atoms in total. The van der Waals surface area contributed by atoms with Crippen LogP contribution in [0.2, 0.25) is 0 Å². The first-order valence-corrected chi connectivity index (χ1v) is 21.7. The number of benzene rings is 3. The zero-order chi connectivity index (χ0) is 44.7. The van der Waals surface area contributed by atoms with Crippen molar-refractivity contribution in [3.8, 4) is 23.8 Å². The molecule has 4 aliphatic rings. The molecule has 0 aromatic heterocycles. The number of carbonyl (C=O) groups is 4. The lowest BCUT2D eigenvalue weighted by atomic mass is 9.49. The number of ether oxygens (including phenoxy) is 3. The van der Waals surface area contributed by atoms with E-state index in [9.17, 15) is 23.6 Å². The Bertz CT molecular complexity index is 2210. The van der Waals surface area contributed by atoms with Crippen LogP contribution in [0.4, 0.5) is 10.1 Å². The zero-order valence-corrected chi connectivity index (χ0v) is 37.1. The Hall–Kier alpha value is -5.45. The lowest BCUT2D eigenvalue weighted by Gasteiger charge is -2.63. The first-order chi connectivity index (χ1) is 29.3. The molecule has 0 bridgehead atoms. The maximum absolute atomic E-state index is 14.7. The van der Waals surface area contributed by atoms with E-state index in [0.29, 0.717) is 24.5 Å². The molecule has 2 aliphatic heterocycles. The molecule has 0 radical (unpaired) electrons. The lowest BCUT2D eigenvalue weighted by Crippen LogP contribution is -2.74. The van der Waals surface area contributed by atoms with Gasteiger partial charge in [0.2, 0.25) is 11.8 Å². The van der Waals surface area contributed by atoms with Gasteiger partial charge in [-0.05, 0) is 99.8 Å². The molecule has 2 saturated carbocycles.